The van der Waals surface area contributed by atoms with Gasteiger partial charge in [-0.1, -0.05) is 56.7 Å². The fourth-order valence-corrected chi connectivity index (χ4v) is 7.30. The van der Waals surface area contributed by atoms with Crippen LogP contribution < -0.4 is 15.0 Å². The molecule has 0 saturated heterocycles. The van der Waals surface area contributed by atoms with E-state index in [1.54, 1.807) is 12.0 Å². The van der Waals surface area contributed by atoms with Crippen molar-refractivity contribution in [1.29, 1.82) is 0 Å². The van der Waals surface area contributed by atoms with Gasteiger partial charge in [-0.05, 0) is 90.2 Å². The molecule has 0 radical (unpaired) electrons. The van der Waals surface area contributed by atoms with Crippen LogP contribution in [-0.2, 0) is 16.1 Å². The number of carbonyl (C=O) groups excluding carboxylic acids is 2. The van der Waals surface area contributed by atoms with E-state index in [0.29, 0.717) is 17.4 Å². The van der Waals surface area contributed by atoms with E-state index >= 15 is 0 Å². The van der Waals surface area contributed by atoms with Gasteiger partial charge < -0.3 is 10.1 Å². The van der Waals surface area contributed by atoms with Gasteiger partial charge in [0.25, 0.3) is 5.91 Å². The number of nitrogens with zero attached hydrogens (tertiary/aromatic N) is 5. The van der Waals surface area contributed by atoms with Crippen molar-refractivity contribution >= 4 is 28.8 Å². The van der Waals surface area contributed by atoms with Gasteiger partial charge in [-0.15, -0.1) is 21.5 Å². The fourth-order valence-electron chi connectivity index (χ4n) is 6.49. The highest BCUT2D eigenvalue weighted by Crippen LogP contribution is 2.36. The molecule has 4 aromatic rings. The lowest BCUT2D eigenvalue weighted by molar-refractivity contribution is -0.127. The summed E-state index contributed by atoms with van der Waals surface area (Å²) >= 11 is 1.48. The topological polar surface area (TPSA) is 102 Å². The van der Waals surface area contributed by atoms with Crippen LogP contribution in [0.4, 0.5) is 5.69 Å². The van der Waals surface area contributed by atoms with Gasteiger partial charge in [-0.25, -0.2) is 0 Å². The molecule has 2 aromatic heterocycles. The number of carbonyl (C=O) groups is 2. The fraction of sp³-hybridized carbons (Fsp3) is 0.441. The predicted octanol–water partition coefficient (Wildman–Crippen LogP) is 6.68. The van der Waals surface area contributed by atoms with Gasteiger partial charge in [0, 0.05) is 22.2 Å². The molecule has 2 aliphatic carbocycles. The molecule has 9 nitrogen and oxygen atoms in total. The maximum absolute atomic E-state index is 14.3. The number of amides is 2. The lowest BCUT2D eigenvalue weighted by Crippen LogP contribution is -2.48. The Morgan fingerprint density at radius 3 is 2.32 bits per heavy atom. The zero-order chi connectivity index (χ0) is 30.3. The van der Waals surface area contributed by atoms with Gasteiger partial charge in [0.05, 0.1) is 7.11 Å². The number of ether oxygens (including phenoxy) is 1. The van der Waals surface area contributed by atoms with E-state index in [2.05, 4.69) is 32.9 Å². The number of methoxy groups -OCH3 is 1. The number of anilines is 1. The van der Waals surface area contributed by atoms with Crippen LogP contribution in [0.25, 0.3) is 11.4 Å². The van der Waals surface area contributed by atoms with Crippen LogP contribution in [0.5, 0.6) is 5.75 Å². The summed E-state index contributed by atoms with van der Waals surface area (Å²) < 4.78 is 5.25. The van der Waals surface area contributed by atoms with Crippen LogP contribution in [0.2, 0.25) is 0 Å². The monoisotopic (exact) mass is 612 g/mol. The van der Waals surface area contributed by atoms with E-state index in [0.717, 1.165) is 41.9 Å². The molecule has 1 N–H and O–H groups in total. The molecule has 6 rings (SSSR count). The molecule has 1 atom stereocenters. The Bertz CT molecular complexity index is 1510. The highest BCUT2D eigenvalue weighted by Gasteiger charge is 2.35. The van der Waals surface area contributed by atoms with Crippen LogP contribution in [0.1, 0.15) is 86.6 Å². The van der Waals surface area contributed by atoms with Crippen LogP contribution in [0.3, 0.4) is 0 Å². The number of benzene rings is 2. The second-order valence-electron chi connectivity index (χ2n) is 11.8. The van der Waals surface area contributed by atoms with E-state index in [1.165, 1.54) is 60.2 Å². The lowest BCUT2D eigenvalue weighted by atomic mass is 9.84. The largest absolute Gasteiger partial charge is 0.497 e. The summed E-state index contributed by atoms with van der Waals surface area (Å²) in [5.41, 5.74) is 2.74. The van der Waals surface area contributed by atoms with Crippen LogP contribution >= 0.6 is 11.3 Å². The molecule has 2 fully saturated rings. The summed E-state index contributed by atoms with van der Waals surface area (Å²) in [6.45, 7) is -0.161. The number of aromatic nitrogens is 4. The number of tetrazole rings is 1. The normalized spacial score (nSPS) is 16.8. The zero-order valence-corrected chi connectivity index (χ0v) is 26.0. The minimum atomic E-state index is -0.811. The molecule has 0 aliphatic heterocycles. The first kappa shape index (κ1) is 30.0. The standard InChI is InChI=1S/C34H40N6O3S/c1-43-29-20-16-26(17-21-29)33-36-38-39(37-33)23-31(41)40(28-18-14-25(15-19-28)24-9-4-2-5-10-24)32(30-13-8-22-44-30)34(42)35-27-11-6-3-7-12-27/h8,13-22,24,27,32H,2-7,9-12,23H2,1H3,(H,35,42)/t32-/m1/s1. The van der Waals surface area contributed by atoms with Crippen molar-refractivity contribution in [1.82, 2.24) is 25.5 Å². The molecule has 0 unspecified atom stereocenters. The van der Waals surface area contributed by atoms with E-state index in [9.17, 15) is 9.59 Å². The summed E-state index contributed by atoms with van der Waals surface area (Å²) in [5, 5.41) is 18.1. The van der Waals surface area contributed by atoms with Gasteiger partial charge in [0.2, 0.25) is 11.7 Å². The molecule has 230 valence electrons. The molecular weight excluding hydrogens is 572 g/mol. The molecule has 2 amide bonds. The Hall–Kier alpha value is -4.05. The van der Waals surface area contributed by atoms with E-state index in [1.807, 2.05) is 53.9 Å². The third-order valence-electron chi connectivity index (χ3n) is 8.87. The second-order valence-corrected chi connectivity index (χ2v) is 12.8. The Morgan fingerprint density at radius 2 is 1.66 bits per heavy atom. The number of thiophene rings is 1. The summed E-state index contributed by atoms with van der Waals surface area (Å²) in [6.07, 6.45) is 11.5. The van der Waals surface area contributed by atoms with Crippen molar-refractivity contribution in [2.45, 2.75) is 88.8 Å². The molecular formula is C34H40N6O3S. The van der Waals surface area contributed by atoms with Gasteiger partial charge in [0.1, 0.15) is 18.3 Å². The molecule has 0 bridgehead atoms. The summed E-state index contributed by atoms with van der Waals surface area (Å²) in [6, 6.07) is 18.8. The highest BCUT2D eigenvalue weighted by molar-refractivity contribution is 7.10. The third-order valence-corrected chi connectivity index (χ3v) is 9.79. The number of hydrogen-bond donors (Lipinski definition) is 1. The van der Waals surface area contributed by atoms with Gasteiger partial charge in [0.15, 0.2) is 0 Å². The zero-order valence-electron chi connectivity index (χ0n) is 25.2. The molecule has 0 spiro atoms. The average molecular weight is 613 g/mol. The molecule has 2 heterocycles. The van der Waals surface area contributed by atoms with E-state index in [-0.39, 0.29) is 24.4 Å². The van der Waals surface area contributed by atoms with Crippen molar-refractivity contribution < 1.29 is 14.3 Å². The number of rotatable bonds is 10. The molecule has 2 aliphatic rings. The SMILES string of the molecule is COc1ccc(-c2nnn(CC(=O)N(c3ccc(C4CCCCC4)cc3)[C@@H](C(=O)NC3CCCCC3)c3cccs3)n2)cc1. The Balaban J connectivity index is 1.30. The smallest absolute Gasteiger partial charge is 0.251 e. The Labute approximate surface area is 262 Å². The molecule has 44 heavy (non-hydrogen) atoms. The average Bonchev–Trinajstić information content (AvgIpc) is 3.77. The van der Waals surface area contributed by atoms with Crippen molar-refractivity contribution in [3.63, 3.8) is 0 Å². The molecule has 10 heteroatoms. The van der Waals surface area contributed by atoms with Gasteiger partial charge in [-0.2, -0.15) is 4.80 Å². The van der Waals surface area contributed by atoms with E-state index in [4.69, 9.17) is 4.74 Å². The third kappa shape index (κ3) is 7.01. The second kappa shape index (κ2) is 14.2. The Kier molecular flexibility index (Phi) is 9.65. The van der Waals surface area contributed by atoms with Crippen molar-refractivity contribution in [2.24, 2.45) is 0 Å². The first-order chi connectivity index (χ1) is 21.6. The first-order valence-corrected chi connectivity index (χ1v) is 16.6. The number of hydrogen-bond acceptors (Lipinski definition) is 7. The summed E-state index contributed by atoms with van der Waals surface area (Å²) in [7, 11) is 1.61. The maximum atomic E-state index is 14.3. The van der Waals surface area contributed by atoms with Crippen molar-refractivity contribution in [2.75, 3.05) is 12.0 Å². The van der Waals surface area contributed by atoms with Crippen LogP contribution in [0.15, 0.2) is 66.0 Å². The van der Waals surface area contributed by atoms with Gasteiger partial charge in [-0.3, -0.25) is 14.5 Å². The highest BCUT2D eigenvalue weighted by atomic mass is 32.1. The predicted molar refractivity (Wildman–Crippen MR) is 172 cm³/mol. The maximum Gasteiger partial charge on any atom is 0.251 e. The first-order valence-electron chi connectivity index (χ1n) is 15.8. The Morgan fingerprint density at radius 1 is 0.955 bits per heavy atom. The van der Waals surface area contributed by atoms with Crippen molar-refractivity contribution in [3.05, 3.63) is 76.5 Å². The van der Waals surface area contributed by atoms with E-state index < -0.39 is 6.04 Å². The molecule has 2 saturated carbocycles. The number of nitrogens with one attached hydrogen (secondary N) is 1. The summed E-state index contributed by atoms with van der Waals surface area (Å²) in [5.74, 6) is 1.24. The van der Waals surface area contributed by atoms with Gasteiger partial charge >= 0.3 is 0 Å². The lowest BCUT2D eigenvalue weighted by Gasteiger charge is -2.33. The van der Waals surface area contributed by atoms with Crippen molar-refractivity contribution in [3.8, 4) is 17.1 Å². The molecule has 2 aromatic carbocycles. The minimum Gasteiger partial charge on any atom is -0.497 e. The van der Waals surface area contributed by atoms with Crippen LogP contribution in [0, 0.1) is 0 Å². The summed E-state index contributed by atoms with van der Waals surface area (Å²) in [4.78, 5) is 32.1. The van der Waals surface area contributed by atoms with Crippen LogP contribution in [-0.4, -0.2) is 45.2 Å². The quantitative estimate of drug-likeness (QED) is 0.214. The minimum absolute atomic E-state index is 0.119.